The molecule has 0 aromatic carbocycles. The first-order valence-electron chi connectivity index (χ1n) is 6.33. The molecule has 1 heteroatoms. The zero-order valence-electron chi connectivity index (χ0n) is 10.5. The van der Waals surface area contributed by atoms with Gasteiger partial charge in [-0.1, -0.05) is 53.4 Å². The molecule has 0 radical (unpaired) electrons. The van der Waals surface area contributed by atoms with Crippen molar-refractivity contribution in [2.75, 3.05) is 6.61 Å². The van der Waals surface area contributed by atoms with Crippen molar-refractivity contribution < 1.29 is 4.74 Å². The van der Waals surface area contributed by atoms with Gasteiger partial charge in [0.15, 0.2) is 0 Å². The Hall–Kier alpha value is -0.0400. The van der Waals surface area contributed by atoms with Crippen molar-refractivity contribution in [3.63, 3.8) is 0 Å². The van der Waals surface area contributed by atoms with E-state index in [0.717, 1.165) is 13.0 Å². The van der Waals surface area contributed by atoms with Gasteiger partial charge in [0.2, 0.25) is 0 Å². The minimum atomic E-state index is 0.473. The van der Waals surface area contributed by atoms with Crippen LogP contribution >= 0.6 is 0 Å². The molecule has 0 bridgehead atoms. The van der Waals surface area contributed by atoms with E-state index in [1.807, 2.05) is 0 Å². The molecule has 0 aliphatic rings. The first-order chi connectivity index (χ1) is 6.72. The van der Waals surface area contributed by atoms with E-state index in [-0.39, 0.29) is 0 Å². The molecule has 0 saturated heterocycles. The normalized spacial score (nSPS) is 13.5. The first kappa shape index (κ1) is 14.0. The summed E-state index contributed by atoms with van der Waals surface area (Å²) in [5.41, 5.74) is 0. The smallest absolute Gasteiger partial charge is 0.0595 e. The fraction of sp³-hybridized carbons (Fsp3) is 1.00. The number of hydrogen-bond donors (Lipinski definition) is 0. The third-order valence-electron chi connectivity index (χ3n) is 2.73. The van der Waals surface area contributed by atoms with Crippen LogP contribution in [0.2, 0.25) is 0 Å². The maximum atomic E-state index is 5.83. The van der Waals surface area contributed by atoms with Crippen LogP contribution < -0.4 is 0 Å². The summed E-state index contributed by atoms with van der Waals surface area (Å²) < 4.78 is 5.83. The fourth-order valence-corrected chi connectivity index (χ4v) is 1.72. The van der Waals surface area contributed by atoms with Crippen molar-refractivity contribution >= 4 is 0 Å². The molecule has 1 unspecified atom stereocenters. The number of ether oxygens (including phenoxy) is 1. The highest BCUT2D eigenvalue weighted by Gasteiger charge is 2.10. The molecule has 0 amide bonds. The Bertz CT molecular complexity index is 110. The molecule has 1 nitrogen and oxygen atoms in total. The molecule has 0 heterocycles. The van der Waals surface area contributed by atoms with Gasteiger partial charge in [0, 0.05) is 6.61 Å². The highest BCUT2D eigenvalue weighted by molar-refractivity contribution is 4.59. The van der Waals surface area contributed by atoms with E-state index in [9.17, 15) is 0 Å². The molecule has 86 valence electrons. The Morgan fingerprint density at radius 3 is 2.07 bits per heavy atom. The topological polar surface area (TPSA) is 9.23 Å². The predicted molar refractivity (Wildman–Crippen MR) is 63.6 cm³/mol. The van der Waals surface area contributed by atoms with Crippen LogP contribution in [0.5, 0.6) is 0 Å². The van der Waals surface area contributed by atoms with Gasteiger partial charge in [0.1, 0.15) is 0 Å². The summed E-state index contributed by atoms with van der Waals surface area (Å²) >= 11 is 0. The molecule has 0 rings (SSSR count). The second-order valence-corrected chi connectivity index (χ2v) is 4.48. The maximum Gasteiger partial charge on any atom is 0.0595 e. The van der Waals surface area contributed by atoms with Gasteiger partial charge in [-0.15, -0.1) is 0 Å². The summed E-state index contributed by atoms with van der Waals surface area (Å²) in [5, 5.41) is 0. The van der Waals surface area contributed by atoms with Crippen LogP contribution in [0.25, 0.3) is 0 Å². The summed E-state index contributed by atoms with van der Waals surface area (Å²) in [6.07, 6.45) is 8.27. The summed E-state index contributed by atoms with van der Waals surface area (Å²) in [7, 11) is 0. The lowest BCUT2D eigenvalue weighted by molar-refractivity contribution is 0.0179. The van der Waals surface area contributed by atoms with Gasteiger partial charge in [-0.2, -0.15) is 0 Å². The average molecular weight is 200 g/mol. The van der Waals surface area contributed by atoms with Crippen molar-refractivity contribution in [1.29, 1.82) is 0 Å². The van der Waals surface area contributed by atoms with Crippen LogP contribution in [0, 0.1) is 5.92 Å². The van der Waals surface area contributed by atoms with Crippen LogP contribution in [0.15, 0.2) is 0 Å². The lowest BCUT2D eigenvalue weighted by Crippen LogP contribution is -2.19. The molecule has 14 heavy (non-hydrogen) atoms. The average Bonchev–Trinajstić information content (AvgIpc) is 2.16. The molecule has 0 aromatic heterocycles. The molecule has 0 aromatic rings. The van der Waals surface area contributed by atoms with Crippen LogP contribution in [0.4, 0.5) is 0 Å². The number of hydrogen-bond acceptors (Lipinski definition) is 1. The Morgan fingerprint density at radius 1 is 0.929 bits per heavy atom. The molecule has 0 N–H and O–H groups in total. The fourth-order valence-electron chi connectivity index (χ4n) is 1.72. The lowest BCUT2D eigenvalue weighted by atomic mass is 10.1. The van der Waals surface area contributed by atoms with Gasteiger partial charge < -0.3 is 4.74 Å². The SMILES string of the molecule is CCCCCCCOC(CC)C(C)C. The third-order valence-corrected chi connectivity index (χ3v) is 2.73. The van der Waals surface area contributed by atoms with E-state index < -0.39 is 0 Å². The molecule has 0 aliphatic heterocycles. The monoisotopic (exact) mass is 200 g/mol. The molecule has 1 atom stereocenters. The Morgan fingerprint density at radius 2 is 1.57 bits per heavy atom. The van der Waals surface area contributed by atoms with Crippen LogP contribution in [-0.2, 0) is 4.74 Å². The first-order valence-corrected chi connectivity index (χ1v) is 6.33. The maximum absolute atomic E-state index is 5.83. The molecule has 0 aliphatic carbocycles. The van der Waals surface area contributed by atoms with E-state index in [1.165, 1.54) is 32.1 Å². The third kappa shape index (κ3) is 7.37. The largest absolute Gasteiger partial charge is 0.378 e. The Labute approximate surface area is 90.2 Å². The standard InChI is InChI=1S/C13H28O/c1-5-7-8-9-10-11-14-13(6-2)12(3)4/h12-13H,5-11H2,1-4H3. The van der Waals surface area contributed by atoms with Crippen molar-refractivity contribution in [2.24, 2.45) is 5.92 Å². The van der Waals surface area contributed by atoms with Crippen molar-refractivity contribution in [3.05, 3.63) is 0 Å². The van der Waals surface area contributed by atoms with Crippen LogP contribution in [0.1, 0.15) is 66.2 Å². The lowest BCUT2D eigenvalue weighted by Gasteiger charge is -2.19. The zero-order chi connectivity index (χ0) is 10.8. The van der Waals surface area contributed by atoms with Crippen molar-refractivity contribution in [1.82, 2.24) is 0 Å². The van der Waals surface area contributed by atoms with E-state index in [0.29, 0.717) is 12.0 Å². The molecular formula is C13H28O. The summed E-state index contributed by atoms with van der Waals surface area (Å²) in [4.78, 5) is 0. The number of unbranched alkanes of at least 4 members (excludes halogenated alkanes) is 4. The van der Waals surface area contributed by atoms with E-state index in [4.69, 9.17) is 4.74 Å². The summed E-state index contributed by atoms with van der Waals surface area (Å²) in [6, 6.07) is 0. The van der Waals surface area contributed by atoms with E-state index >= 15 is 0 Å². The quantitative estimate of drug-likeness (QED) is 0.501. The van der Waals surface area contributed by atoms with Crippen molar-refractivity contribution in [2.45, 2.75) is 72.3 Å². The van der Waals surface area contributed by atoms with Gasteiger partial charge in [-0.25, -0.2) is 0 Å². The highest BCUT2D eigenvalue weighted by Crippen LogP contribution is 2.11. The Kier molecular flexibility index (Phi) is 9.49. The van der Waals surface area contributed by atoms with Gasteiger partial charge in [0.25, 0.3) is 0 Å². The summed E-state index contributed by atoms with van der Waals surface area (Å²) in [6.45, 7) is 9.90. The van der Waals surface area contributed by atoms with Gasteiger partial charge in [-0.3, -0.25) is 0 Å². The Balaban J connectivity index is 3.25. The van der Waals surface area contributed by atoms with Gasteiger partial charge >= 0.3 is 0 Å². The number of rotatable bonds is 9. The minimum Gasteiger partial charge on any atom is -0.378 e. The highest BCUT2D eigenvalue weighted by atomic mass is 16.5. The predicted octanol–water partition coefficient (Wildman–Crippen LogP) is 4.41. The second-order valence-electron chi connectivity index (χ2n) is 4.48. The van der Waals surface area contributed by atoms with Crippen LogP contribution in [-0.4, -0.2) is 12.7 Å². The van der Waals surface area contributed by atoms with Gasteiger partial charge in [0.05, 0.1) is 6.10 Å². The minimum absolute atomic E-state index is 0.473. The molecular weight excluding hydrogens is 172 g/mol. The van der Waals surface area contributed by atoms with E-state index in [1.54, 1.807) is 0 Å². The van der Waals surface area contributed by atoms with Crippen LogP contribution in [0.3, 0.4) is 0 Å². The second kappa shape index (κ2) is 9.51. The summed E-state index contributed by atoms with van der Waals surface area (Å²) in [5.74, 6) is 0.663. The van der Waals surface area contributed by atoms with Crippen molar-refractivity contribution in [3.8, 4) is 0 Å². The molecule has 0 fully saturated rings. The molecule has 0 saturated carbocycles. The zero-order valence-corrected chi connectivity index (χ0v) is 10.5. The van der Waals surface area contributed by atoms with Gasteiger partial charge in [-0.05, 0) is 18.8 Å². The molecule has 0 spiro atoms. The van der Waals surface area contributed by atoms with E-state index in [2.05, 4.69) is 27.7 Å².